The van der Waals surface area contributed by atoms with Crippen LogP contribution in [0.5, 0.6) is 0 Å². The molecule has 0 saturated carbocycles. The highest BCUT2D eigenvalue weighted by Gasteiger charge is 2.48. The van der Waals surface area contributed by atoms with E-state index in [-0.39, 0.29) is 23.5 Å². The lowest BCUT2D eigenvalue weighted by atomic mass is 9.81. The topological polar surface area (TPSA) is 155 Å². The molecule has 3 amide bonds. The second-order valence-electron chi connectivity index (χ2n) is 8.46. The van der Waals surface area contributed by atoms with Gasteiger partial charge in [-0.25, -0.2) is 0 Å². The van der Waals surface area contributed by atoms with Crippen LogP contribution in [0.4, 0.5) is 30.2 Å². The maximum atomic E-state index is 13.0. The molecule has 4 rings (SSSR count). The van der Waals surface area contributed by atoms with Gasteiger partial charge in [0.25, 0.3) is 5.69 Å². The van der Waals surface area contributed by atoms with E-state index in [9.17, 15) is 37.7 Å². The Kier molecular flexibility index (Phi) is 6.54. The van der Waals surface area contributed by atoms with Crippen LogP contribution in [-0.2, 0) is 20.6 Å². The summed E-state index contributed by atoms with van der Waals surface area (Å²) in [5.74, 6) is -3.96. The van der Waals surface area contributed by atoms with Gasteiger partial charge in [-0.3, -0.25) is 29.8 Å². The van der Waals surface area contributed by atoms with Gasteiger partial charge in [-0.05, 0) is 31.2 Å². The third kappa shape index (κ3) is 5.22. The number of carbonyl (C=O) groups is 3. The average Bonchev–Trinajstić information content (AvgIpc) is 2.79. The van der Waals surface area contributed by atoms with E-state index >= 15 is 0 Å². The first-order valence-corrected chi connectivity index (χ1v) is 10.8. The van der Waals surface area contributed by atoms with Crippen molar-refractivity contribution in [2.75, 3.05) is 10.6 Å². The van der Waals surface area contributed by atoms with E-state index < -0.39 is 58.7 Å². The molecular formula is C22H21F3N6O5. The Balaban J connectivity index is 1.49. The molecule has 36 heavy (non-hydrogen) atoms. The molecule has 0 radical (unpaired) electrons. The van der Waals surface area contributed by atoms with Crippen LogP contribution in [-0.4, -0.2) is 35.1 Å². The molecule has 0 spiro atoms. The maximum absolute atomic E-state index is 13.0. The summed E-state index contributed by atoms with van der Waals surface area (Å²) in [4.78, 5) is 48.8. The average molecular weight is 506 g/mol. The number of nitrogens with zero attached hydrogens (tertiary/aromatic N) is 1. The van der Waals surface area contributed by atoms with Crippen molar-refractivity contribution in [3.8, 4) is 0 Å². The fraction of sp³-hybridized carbons (Fsp3) is 0.318. The Hall–Kier alpha value is -4.20. The van der Waals surface area contributed by atoms with Crippen molar-refractivity contribution in [2.45, 2.75) is 32.0 Å². The van der Waals surface area contributed by atoms with Crippen molar-refractivity contribution in [1.82, 2.24) is 16.0 Å². The van der Waals surface area contributed by atoms with E-state index in [2.05, 4.69) is 26.6 Å². The number of amides is 3. The summed E-state index contributed by atoms with van der Waals surface area (Å²) in [6.07, 6.45) is -6.89. The minimum absolute atomic E-state index is 0.0680. The Bertz CT molecular complexity index is 1240. The molecule has 2 saturated heterocycles. The van der Waals surface area contributed by atoms with E-state index in [1.54, 1.807) is 6.92 Å². The van der Waals surface area contributed by atoms with Crippen LogP contribution in [0.3, 0.4) is 0 Å². The van der Waals surface area contributed by atoms with Crippen molar-refractivity contribution in [3.63, 3.8) is 0 Å². The number of alkyl halides is 3. The number of anilines is 2. The molecule has 11 nitrogen and oxygen atoms in total. The van der Waals surface area contributed by atoms with Crippen LogP contribution in [0.2, 0.25) is 0 Å². The van der Waals surface area contributed by atoms with Gasteiger partial charge < -0.3 is 21.3 Å². The van der Waals surface area contributed by atoms with Gasteiger partial charge in [-0.1, -0.05) is 12.1 Å². The fourth-order valence-corrected chi connectivity index (χ4v) is 4.22. The molecule has 0 aromatic heterocycles. The highest BCUT2D eigenvalue weighted by molar-refractivity contribution is 6.00. The number of nitro benzene ring substituents is 1. The predicted molar refractivity (Wildman–Crippen MR) is 120 cm³/mol. The molecule has 2 aromatic carbocycles. The van der Waals surface area contributed by atoms with Crippen LogP contribution in [0.25, 0.3) is 0 Å². The van der Waals surface area contributed by atoms with Crippen LogP contribution < -0.4 is 26.6 Å². The van der Waals surface area contributed by atoms with Gasteiger partial charge in [0.15, 0.2) is 6.29 Å². The molecule has 2 heterocycles. The molecule has 4 atom stereocenters. The number of carbonyl (C=O) groups excluding carboxylic acids is 3. The van der Waals surface area contributed by atoms with E-state index in [1.165, 1.54) is 30.3 Å². The monoisotopic (exact) mass is 506 g/mol. The molecule has 5 N–H and O–H groups in total. The van der Waals surface area contributed by atoms with Gasteiger partial charge in [0.2, 0.25) is 17.7 Å². The molecular weight excluding hydrogens is 485 g/mol. The highest BCUT2D eigenvalue weighted by Crippen LogP contribution is 2.32. The number of hydrogen-bond donors (Lipinski definition) is 5. The summed E-state index contributed by atoms with van der Waals surface area (Å²) in [6, 6.07) is 8.47. The van der Waals surface area contributed by atoms with E-state index in [0.29, 0.717) is 5.56 Å². The summed E-state index contributed by atoms with van der Waals surface area (Å²) in [6.45, 7) is 1.54. The molecule has 0 bridgehead atoms. The van der Waals surface area contributed by atoms with Crippen LogP contribution in [0.1, 0.15) is 17.5 Å². The van der Waals surface area contributed by atoms with Gasteiger partial charge in [-0.2, -0.15) is 13.2 Å². The van der Waals surface area contributed by atoms with Gasteiger partial charge >= 0.3 is 6.18 Å². The summed E-state index contributed by atoms with van der Waals surface area (Å²) in [7, 11) is 0. The fourth-order valence-electron chi connectivity index (χ4n) is 4.22. The van der Waals surface area contributed by atoms with Crippen molar-refractivity contribution in [1.29, 1.82) is 0 Å². The zero-order valence-corrected chi connectivity index (χ0v) is 18.7. The number of benzene rings is 2. The molecule has 190 valence electrons. The van der Waals surface area contributed by atoms with Crippen molar-refractivity contribution >= 4 is 34.8 Å². The van der Waals surface area contributed by atoms with Crippen molar-refractivity contribution < 1.29 is 32.5 Å². The number of aryl methyl sites for hydroxylation is 1. The number of piperidine rings is 1. The minimum atomic E-state index is -4.55. The number of nitrogens with one attached hydrogen (secondary N) is 5. The molecule has 0 aliphatic carbocycles. The molecule has 2 aliphatic rings. The molecule has 4 unspecified atom stereocenters. The summed E-state index contributed by atoms with van der Waals surface area (Å²) < 4.78 is 39.0. The van der Waals surface area contributed by atoms with Gasteiger partial charge in [-0.15, -0.1) is 0 Å². The lowest BCUT2D eigenvalue weighted by Crippen LogP contribution is -2.72. The molecule has 2 aliphatic heterocycles. The first-order valence-electron chi connectivity index (χ1n) is 10.8. The first-order chi connectivity index (χ1) is 16.9. The van der Waals surface area contributed by atoms with Gasteiger partial charge in [0.1, 0.15) is 0 Å². The number of halogens is 3. The maximum Gasteiger partial charge on any atom is 0.416 e. The Morgan fingerprint density at radius 1 is 1.11 bits per heavy atom. The second-order valence-corrected chi connectivity index (χ2v) is 8.46. The lowest BCUT2D eigenvalue weighted by Gasteiger charge is -2.43. The lowest BCUT2D eigenvalue weighted by molar-refractivity contribution is -0.385. The second kappa shape index (κ2) is 9.45. The Labute approximate surface area is 202 Å². The third-order valence-corrected chi connectivity index (χ3v) is 5.96. The molecule has 2 aromatic rings. The standard InChI is InChI=1S/C22H21F3N6O5/c1-10-5-6-13(8-15(10)31(35)36)26-19(33)14-9-16(32)28-18-17(14)20(34)30-21(29-18)27-12-4-2-3-11(7-12)22(23,24)25/h2-8,14,17-18,21,27,29H,9H2,1H3,(H,26,33)(H,28,32)(H,30,34). The van der Waals surface area contributed by atoms with Crippen LogP contribution >= 0.6 is 0 Å². The van der Waals surface area contributed by atoms with Crippen molar-refractivity contribution in [2.24, 2.45) is 11.8 Å². The third-order valence-electron chi connectivity index (χ3n) is 5.96. The minimum Gasteiger partial charge on any atom is -0.353 e. The van der Waals surface area contributed by atoms with E-state index in [4.69, 9.17) is 0 Å². The molecule has 2 fully saturated rings. The number of fused-ring (bicyclic) bond motifs is 1. The smallest absolute Gasteiger partial charge is 0.353 e. The van der Waals surface area contributed by atoms with Crippen LogP contribution in [0, 0.1) is 28.9 Å². The molecule has 14 heteroatoms. The highest BCUT2D eigenvalue weighted by atomic mass is 19.4. The van der Waals surface area contributed by atoms with Gasteiger partial charge in [0.05, 0.1) is 28.5 Å². The zero-order valence-electron chi connectivity index (χ0n) is 18.7. The largest absolute Gasteiger partial charge is 0.416 e. The Morgan fingerprint density at radius 2 is 1.86 bits per heavy atom. The quantitative estimate of drug-likeness (QED) is 0.307. The summed E-state index contributed by atoms with van der Waals surface area (Å²) >= 11 is 0. The van der Waals surface area contributed by atoms with E-state index in [1.807, 2.05) is 0 Å². The summed E-state index contributed by atoms with van der Waals surface area (Å²) in [5, 5.41) is 24.4. The van der Waals surface area contributed by atoms with Crippen LogP contribution in [0.15, 0.2) is 42.5 Å². The summed E-state index contributed by atoms with van der Waals surface area (Å²) in [5.41, 5.74) is -0.490. The van der Waals surface area contributed by atoms with Crippen molar-refractivity contribution in [3.05, 3.63) is 63.7 Å². The van der Waals surface area contributed by atoms with Gasteiger partial charge in [0, 0.05) is 29.4 Å². The zero-order chi connectivity index (χ0) is 26.2. The SMILES string of the molecule is Cc1ccc(NC(=O)C2CC(=O)NC3NC(Nc4cccc(C(F)(F)F)c4)NC(=O)C32)cc1[N+](=O)[O-]. The number of rotatable bonds is 5. The normalized spacial score (nSPS) is 23.7. The number of nitro groups is 1. The predicted octanol–water partition coefficient (Wildman–Crippen LogP) is 2.05. The van der Waals surface area contributed by atoms with E-state index in [0.717, 1.165) is 12.1 Å². The number of hydrogen-bond acceptors (Lipinski definition) is 7. The Morgan fingerprint density at radius 3 is 2.56 bits per heavy atom. The first kappa shape index (κ1) is 24.9.